The maximum Gasteiger partial charge on any atom is 0.336 e. The van der Waals surface area contributed by atoms with E-state index in [1.807, 2.05) is 0 Å². The number of aromatic carboxylic acids is 1. The second kappa shape index (κ2) is 4.62. The number of hydrogen-bond acceptors (Lipinski definition) is 2. The molecular formula is C7H6AuO2S. The molecule has 0 aromatic heterocycles. The van der Waals surface area contributed by atoms with Crippen LogP contribution in [0.4, 0.5) is 0 Å². The molecule has 1 N–H and O–H groups in total. The normalized spacial score (nSPS) is 8.45. The van der Waals surface area contributed by atoms with Gasteiger partial charge in [0.1, 0.15) is 0 Å². The van der Waals surface area contributed by atoms with Crippen LogP contribution in [0.5, 0.6) is 0 Å². The molecule has 0 spiro atoms. The summed E-state index contributed by atoms with van der Waals surface area (Å²) in [6.45, 7) is 0. The molecule has 0 fully saturated rings. The van der Waals surface area contributed by atoms with Crippen molar-refractivity contribution in [1.29, 1.82) is 0 Å². The molecule has 0 atom stereocenters. The Morgan fingerprint density at radius 1 is 1.36 bits per heavy atom. The molecule has 0 aliphatic heterocycles. The van der Waals surface area contributed by atoms with Gasteiger partial charge in [0.15, 0.2) is 0 Å². The first-order valence-corrected chi connectivity index (χ1v) is 3.18. The van der Waals surface area contributed by atoms with Gasteiger partial charge in [0.25, 0.3) is 0 Å². The SMILES string of the molecule is O=C(O)c1ccccc1S.[Au]. The average Bonchev–Trinajstić information content (AvgIpc) is 1.88. The summed E-state index contributed by atoms with van der Waals surface area (Å²) in [5, 5.41) is 8.52. The van der Waals surface area contributed by atoms with E-state index in [1.54, 1.807) is 18.2 Å². The Balaban J connectivity index is 0.000001000. The predicted molar refractivity (Wildman–Crippen MR) is 40.7 cm³/mol. The van der Waals surface area contributed by atoms with Crippen LogP contribution in [0.25, 0.3) is 0 Å². The summed E-state index contributed by atoms with van der Waals surface area (Å²) in [5.74, 6) is -0.939. The number of thiol groups is 1. The third-order valence-electron chi connectivity index (χ3n) is 1.13. The van der Waals surface area contributed by atoms with Crippen LogP contribution < -0.4 is 0 Å². The van der Waals surface area contributed by atoms with Gasteiger partial charge in [-0.2, -0.15) is 0 Å². The second-order valence-electron chi connectivity index (χ2n) is 1.82. The summed E-state index contributed by atoms with van der Waals surface area (Å²) in [4.78, 5) is 10.9. The van der Waals surface area contributed by atoms with Crippen molar-refractivity contribution in [2.75, 3.05) is 0 Å². The zero-order valence-electron chi connectivity index (χ0n) is 5.41. The number of carbonyl (C=O) groups is 1. The van der Waals surface area contributed by atoms with Crippen LogP contribution in [0.15, 0.2) is 29.2 Å². The minimum absolute atomic E-state index is 0. The van der Waals surface area contributed by atoms with Crippen molar-refractivity contribution in [3.05, 3.63) is 29.8 Å². The smallest absolute Gasteiger partial charge is 0.336 e. The van der Waals surface area contributed by atoms with E-state index < -0.39 is 5.97 Å². The van der Waals surface area contributed by atoms with E-state index in [0.717, 1.165) is 0 Å². The van der Waals surface area contributed by atoms with Crippen LogP contribution in [0.3, 0.4) is 0 Å². The van der Waals surface area contributed by atoms with Crippen molar-refractivity contribution < 1.29 is 32.3 Å². The van der Waals surface area contributed by atoms with Gasteiger partial charge in [0, 0.05) is 27.3 Å². The van der Waals surface area contributed by atoms with Gasteiger partial charge in [0.2, 0.25) is 0 Å². The van der Waals surface area contributed by atoms with Crippen LogP contribution in [-0.4, -0.2) is 11.1 Å². The number of hydrogen-bond donors (Lipinski definition) is 2. The molecule has 63 valence electrons. The number of benzene rings is 1. The molecule has 11 heavy (non-hydrogen) atoms. The molecule has 0 aliphatic rings. The molecule has 4 heteroatoms. The van der Waals surface area contributed by atoms with E-state index in [4.69, 9.17) is 5.11 Å². The molecule has 2 nitrogen and oxygen atoms in total. The molecule has 1 radical (unpaired) electrons. The summed E-state index contributed by atoms with van der Waals surface area (Å²) in [5.41, 5.74) is 0.242. The average molecular weight is 351 g/mol. The predicted octanol–water partition coefficient (Wildman–Crippen LogP) is 1.67. The second-order valence-corrected chi connectivity index (χ2v) is 2.30. The third-order valence-corrected chi connectivity index (χ3v) is 1.52. The summed E-state index contributed by atoms with van der Waals surface area (Å²) >= 11 is 3.96. The van der Waals surface area contributed by atoms with Crippen molar-refractivity contribution in [2.45, 2.75) is 4.90 Å². The zero-order chi connectivity index (χ0) is 7.56. The first kappa shape index (κ1) is 10.8. The summed E-state index contributed by atoms with van der Waals surface area (Å²) < 4.78 is 0. The van der Waals surface area contributed by atoms with Crippen molar-refractivity contribution >= 4 is 18.6 Å². The molecule has 0 saturated carbocycles. The topological polar surface area (TPSA) is 37.3 Å². The van der Waals surface area contributed by atoms with Gasteiger partial charge in [-0.15, -0.1) is 12.6 Å². The van der Waals surface area contributed by atoms with Crippen molar-refractivity contribution in [1.82, 2.24) is 0 Å². The Morgan fingerprint density at radius 3 is 2.27 bits per heavy atom. The Hall–Kier alpha value is -0.220. The molecule has 1 aromatic rings. The molecule has 1 aromatic carbocycles. The molecule has 0 aliphatic carbocycles. The maximum atomic E-state index is 10.4. The fourth-order valence-corrected chi connectivity index (χ4v) is 0.911. The largest absolute Gasteiger partial charge is 0.478 e. The van der Waals surface area contributed by atoms with Gasteiger partial charge in [-0.05, 0) is 12.1 Å². The fraction of sp³-hybridized carbons (Fsp3) is 0. The van der Waals surface area contributed by atoms with Crippen LogP contribution >= 0.6 is 12.6 Å². The van der Waals surface area contributed by atoms with E-state index in [1.165, 1.54) is 6.07 Å². The van der Waals surface area contributed by atoms with Gasteiger partial charge in [-0.25, -0.2) is 4.79 Å². The first-order valence-electron chi connectivity index (χ1n) is 2.73. The van der Waals surface area contributed by atoms with Gasteiger partial charge in [-0.1, -0.05) is 12.1 Å². The van der Waals surface area contributed by atoms with E-state index in [-0.39, 0.29) is 27.9 Å². The number of rotatable bonds is 1. The van der Waals surface area contributed by atoms with Gasteiger partial charge >= 0.3 is 5.97 Å². The van der Waals surface area contributed by atoms with E-state index in [0.29, 0.717) is 4.90 Å². The molecule has 0 amide bonds. The summed E-state index contributed by atoms with van der Waals surface area (Å²) in [7, 11) is 0. The van der Waals surface area contributed by atoms with Gasteiger partial charge in [0.05, 0.1) is 5.56 Å². The van der Waals surface area contributed by atoms with Crippen LogP contribution in [0.1, 0.15) is 10.4 Å². The monoisotopic (exact) mass is 351 g/mol. The maximum absolute atomic E-state index is 10.4. The van der Waals surface area contributed by atoms with E-state index in [2.05, 4.69) is 12.6 Å². The van der Waals surface area contributed by atoms with Crippen LogP contribution in [0, 0.1) is 0 Å². The minimum Gasteiger partial charge on any atom is -0.478 e. The van der Waals surface area contributed by atoms with E-state index in [9.17, 15) is 4.79 Å². The third kappa shape index (κ3) is 2.71. The quantitative estimate of drug-likeness (QED) is 0.597. The Kier molecular flexibility index (Phi) is 4.52. The molecular weight excluding hydrogens is 345 g/mol. The van der Waals surface area contributed by atoms with Gasteiger partial charge < -0.3 is 5.11 Å². The Labute approximate surface area is 85.5 Å². The Bertz CT molecular complexity index is 262. The van der Waals surface area contributed by atoms with E-state index >= 15 is 0 Å². The fourth-order valence-electron chi connectivity index (χ4n) is 0.654. The number of carboxylic acids is 1. The minimum atomic E-state index is -0.939. The number of carboxylic acid groups (broad SMARTS) is 1. The van der Waals surface area contributed by atoms with Crippen LogP contribution in [0.2, 0.25) is 0 Å². The summed E-state index contributed by atoms with van der Waals surface area (Å²) in [6, 6.07) is 6.58. The van der Waals surface area contributed by atoms with Crippen molar-refractivity contribution in [3.8, 4) is 0 Å². The molecule has 0 unspecified atom stereocenters. The molecule has 0 saturated heterocycles. The summed E-state index contributed by atoms with van der Waals surface area (Å²) in [6.07, 6.45) is 0. The van der Waals surface area contributed by atoms with Crippen LogP contribution in [-0.2, 0) is 22.4 Å². The Morgan fingerprint density at radius 2 is 1.91 bits per heavy atom. The van der Waals surface area contributed by atoms with Crippen molar-refractivity contribution in [3.63, 3.8) is 0 Å². The molecule has 0 heterocycles. The standard InChI is InChI=1S/C7H6O2S.Au/c8-7(9)5-3-1-2-4-6(5)10;/h1-4,10H,(H,8,9);. The van der Waals surface area contributed by atoms with Gasteiger partial charge in [-0.3, -0.25) is 0 Å². The first-order chi connectivity index (χ1) is 4.72. The molecule has 0 bridgehead atoms. The zero-order valence-corrected chi connectivity index (χ0v) is 8.47. The molecule has 1 rings (SSSR count). The van der Waals surface area contributed by atoms with Crippen molar-refractivity contribution in [2.24, 2.45) is 0 Å².